The summed E-state index contributed by atoms with van der Waals surface area (Å²) in [5, 5.41) is 14.3. The van der Waals surface area contributed by atoms with E-state index in [0.29, 0.717) is 13.0 Å². The first-order valence-corrected chi connectivity index (χ1v) is 8.35. The van der Waals surface area contributed by atoms with Gasteiger partial charge in [0.1, 0.15) is 12.1 Å². The van der Waals surface area contributed by atoms with Gasteiger partial charge in [-0.1, -0.05) is 36.4 Å². The molecule has 0 saturated heterocycles. The Bertz CT molecular complexity index is 599. The molecule has 2 rings (SSSR count). The van der Waals surface area contributed by atoms with E-state index in [1.165, 1.54) is 0 Å². The third-order valence-corrected chi connectivity index (χ3v) is 4.38. The van der Waals surface area contributed by atoms with E-state index >= 15 is 0 Å². The van der Waals surface area contributed by atoms with E-state index in [-0.39, 0.29) is 24.2 Å². The van der Waals surface area contributed by atoms with Gasteiger partial charge in [0.15, 0.2) is 5.78 Å². The van der Waals surface area contributed by atoms with E-state index < -0.39 is 6.10 Å². The van der Waals surface area contributed by atoms with Crippen molar-refractivity contribution in [3.05, 3.63) is 64.4 Å². The van der Waals surface area contributed by atoms with Crippen LogP contribution < -0.4 is 17.7 Å². The summed E-state index contributed by atoms with van der Waals surface area (Å²) in [6.45, 7) is 2.66. The quantitative estimate of drug-likeness (QED) is 0.625. The van der Waals surface area contributed by atoms with Crippen LogP contribution in [0.5, 0.6) is 0 Å². The Morgan fingerprint density at radius 2 is 2.00 bits per heavy atom. The number of allylic oxidation sites excluding steroid dienone is 1. The van der Waals surface area contributed by atoms with Gasteiger partial charge < -0.3 is 22.8 Å². The Morgan fingerprint density at radius 3 is 2.65 bits per heavy atom. The lowest BCUT2D eigenvalue weighted by Gasteiger charge is -2.17. The van der Waals surface area contributed by atoms with Gasteiger partial charge in [0, 0.05) is 4.88 Å². The summed E-state index contributed by atoms with van der Waals surface area (Å²) in [7, 11) is 0. The predicted octanol–water partition coefficient (Wildman–Crippen LogP) is -0.590. The highest BCUT2D eigenvalue weighted by atomic mass is 35.5. The van der Waals surface area contributed by atoms with Crippen molar-refractivity contribution in [3.63, 3.8) is 0 Å². The molecule has 1 aromatic heterocycles. The second-order valence-electron chi connectivity index (χ2n) is 5.30. The van der Waals surface area contributed by atoms with Gasteiger partial charge in [-0.15, -0.1) is 11.3 Å². The molecule has 5 heteroatoms. The number of nitrogens with two attached hydrogens (primary N) is 1. The summed E-state index contributed by atoms with van der Waals surface area (Å²) < 4.78 is 0. The Labute approximate surface area is 147 Å². The van der Waals surface area contributed by atoms with Crippen LogP contribution in [0.25, 0.3) is 6.08 Å². The van der Waals surface area contributed by atoms with Gasteiger partial charge in [-0.25, -0.2) is 0 Å². The number of quaternary nitrogens is 1. The minimum absolute atomic E-state index is 0. The molecule has 0 spiro atoms. The maximum Gasteiger partial charge on any atom is 0.161 e. The second-order valence-corrected chi connectivity index (χ2v) is 6.28. The summed E-state index contributed by atoms with van der Waals surface area (Å²) >= 11 is 1.62. The Morgan fingerprint density at radius 1 is 1.26 bits per heavy atom. The molecule has 2 atom stereocenters. The highest BCUT2D eigenvalue weighted by Gasteiger charge is 2.18. The van der Waals surface area contributed by atoms with Crippen molar-refractivity contribution >= 4 is 23.2 Å². The predicted molar refractivity (Wildman–Crippen MR) is 90.6 cm³/mol. The summed E-state index contributed by atoms with van der Waals surface area (Å²) in [4.78, 5) is 12.9. The molecule has 0 aliphatic rings. The van der Waals surface area contributed by atoms with Crippen LogP contribution in [0.15, 0.2) is 53.9 Å². The molecule has 124 valence electrons. The van der Waals surface area contributed by atoms with E-state index in [1.807, 2.05) is 66.2 Å². The van der Waals surface area contributed by atoms with Crippen LogP contribution in [-0.2, 0) is 4.79 Å². The molecule has 0 aliphatic carbocycles. The molecular formula is C18H22ClNO2S. The number of rotatable bonds is 8. The van der Waals surface area contributed by atoms with Gasteiger partial charge in [-0.2, -0.15) is 0 Å². The molecule has 0 amide bonds. The van der Waals surface area contributed by atoms with Gasteiger partial charge >= 0.3 is 0 Å². The van der Waals surface area contributed by atoms with Gasteiger partial charge in [0.05, 0.1) is 13.0 Å². The molecule has 3 N–H and O–H groups in total. The zero-order chi connectivity index (χ0) is 15.8. The molecule has 1 heterocycles. The summed E-state index contributed by atoms with van der Waals surface area (Å²) in [6.07, 6.45) is 3.46. The van der Waals surface area contributed by atoms with Crippen molar-refractivity contribution in [3.8, 4) is 0 Å². The van der Waals surface area contributed by atoms with Crippen molar-refractivity contribution in [2.24, 2.45) is 0 Å². The normalized spacial score (nSPS) is 13.5. The Balaban J connectivity index is 0.00000264. The number of hydrogen-bond donors (Lipinski definition) is 2. The number of halogens is 1. The second kappa shape index (κ2) is 10.3. The monoisotopic (exact) mass is 351 g/mol. The summed E-state index contributed by atoms with van der Waals surface area (Å²) in [5.74, 6) is 0.117. The zero-order valence-electron chi connectivity index (χ0n) is 13.1. The van der Waals surface area contributed by atoms with Crippen molar-refractivity contribution in [2.45, 2.75) is 25.5 Å². The fourth-order valence-corrected chi connectivity index (χ4v) is 2.83. The van der Waals surface area contributed by atoms with Crippen LogP contribution in [0.2, 0.25) is 0 Å². The maximum atomic E-state index is 11.8. The minimum Gasteiger partial charge on any atom is -1.00 e. The molecule has 3 nitrogen and oxygen atoms in total. The third-order valence-electron chi connectivity index (χ3n) is 3.54. The minimum atomic E-state index is -0.516. The molecule has 2 unspecified atom stereocenters. The fourth-order valence-electron chi connectivity index (χ4n) is 2.22. The number of hydrogen-bond acceptors (Lipinski definition) is 3. The van der Waals surface area contributed by atoms with Crippen molar-refractivity contribution < 1.29 is 27.6 Å². The lowest BCUT2D eigenvalue weighted by atomic mass is 10.0. The molecular weight excluding hydrogens is 330 g/mol. The van der Waals surface area contributed by atoms with Crippen LogP contribution in [0.4, 0.5) is 0 Å². The molecule has 0 radical (unpaired) electrons. The van der Waals surface area contributed by atoms with Gasteiger partial charge in [-0.3, -0.25) is 4.79 Å². The number of benzene rings is 1. The van der Waals surface area contributed by atoms with E-state index in [4.69, 9.17) is 0 Å². The molecule has 1 aromatic carbocycles. The molecule has 0 bridgehead atoms. The lowest BCUT2D eigenvalue weighted by molar-refractivity contribution is -0.693. The third kappa shape index (κ3) is 6.67. The van der Waals surface area contributed by atoms with Crippen LogP contribution in [0, 0.1) is 0 Å². The number of carbonyl (C=O) groups is 1. The number of ketones is 1. The lowest BCUT2D eigenvalue weighted by Crippen LogP contribution is -3.00. The number of carbonyl (C=O) groups excluding carboxylic acids is 1. The van der Waals surface area contributed by atoms with Crippen LogP contribution >= 0.6 is 11.3 Å². The number of thiophene rings is 1. The SMILES string of the molecule is CC([NH2+]CCC(=O)/C=C/c1cccs1)C(O)c1ccccc1.[Cl-]. The van der Waals surface area contributed by atoms with E-state index in [0.717, 1.165) is 10.4 Å². The average Bonchev–Trinajstić information content (AvgIpc) is 3.06. The molecule has 0 fully saturated rings. The average molecular weight is 352 g/mol. The highest BCUT2D eigenvalue weighted by Crippen LogP contribution is 2.13. The molecule has 0 aliphatic heterocycles. The first kappa shape index (κ1) is 19.6. The highest BCUT2D eigenvalue weighted by molar-refractivity contribution is 7.10. The van der Waals surface area contributed by atoms with Crippen molar-refractivity contribution in [1.29, 1.82) is 0 Å². The standard InChI is InChI=1S/C18H21NO2S.ClH/c1-14(18(21)15-6-3-2-4-7-15)19-12-11-16(20)9-10-17-8-5-13-22-17;/h2-10,13-14,18-19,21H,11-12H2,1H3;1H/b10-9+;. The fraction of sp³-hybridized carbons (Fsp3) is 0.278. The largest absolute Gasteiger partial charge is 1.00 e. The molecule has 0 saturated carbocycles. The smallest absolute Gasteiger partial charge is 0.161 e. The Kier molecular flexibility index (Phi) is 8.81. The topological polar surface area (TPSA) is 53.9 Å². The van der Waals surface area contributed by atoms with Gasteiger partial charge in [0.2, 0.25) is 0 Å². The summed E-state index contributed by atoms with van der Waals surface area (Å²) in [5.41, 5.74) is 0.912. The Hall–Kier alpha value is -1.46. The van der Waals surface area contributed by atoms with E-state index in [9.17, 15) is 9.90 Å². The van der Waals surface area contributed by atoms with E-state index in [2.05, 4.69) is 0 Å². The van der Waals surface area contributed by atoms with Crippen molar-refractivity contribution in [1.82, 2.24) is 0 Å². The van der Waals surface area contributed by atoms with E-state index in [1.54, 1.807) is 17.4 Å². The number of aliphatic hydroxyl groups excluding tert-OH is 1. The first-order chi connectivity index (χ1) is 10.7. The van der Waals surface area contributed by atoms with Crippen LogP contribution in [-0.4, -0.2) is 23.5 Å². The van der Waals surface area contributed by atoms with Crippen molar-refractivity contribution in [2.75, 3.05) is 6.54 Å². The van der Waals surface area contributed by atoms with Crippen LogP contribution in [0.1, 0.15) is 29.9 Å². The summed E-state index contributed by atoms with van der Waals surface area (Å²) in [6, 6.07) is 13.6. The maximum absolute atomic E-state index is 11.8. The molecule has 23 heavy (non-hydrogen) atoms. The first-order valence-electron chi connectivity index (χ1n) is 7.47. The zero-order valence-corrected chi connectivity index (χ0v) is 14.6. The van der Waals surface area contributed by atoms with Gasteiger partial charge in [0.25, 0.3) is 0 Å². The van der Waals surface area contributed by atoms with Crippen LogP contribution in [0.3, 0.4) is 0 Å². The number of aliphatic hydroxyl groups is 1. The molecule has 2 aromatic rings. The van der Waals surface area contributed by atoms with Gasteiger partial charge in [-0.05, 0) is 36.1 Å².